The molecule has 0 aliphatic carbocycles. The molecule has 1 amide bonds. The van der Waals surface area contributed by atoms with Gasteiger partial charge in [0.25, 0.3) is 11.4 Å². The molecule has 0 saturated carbocycles. The number of rotatable bonds is 6. The number of thiophene rings is 1. The van der Waals surface area contributed by atoms with Gasteiger partial charge in [-0.3, -0.25) is 9.59 Å². The van der Waals surface area contributed by atoms with E-state index in [0.29, 0.717) is 27.8 Å². The van der Waals surface area contributed by atoms with Crippen LogP contribution in [-0.4, -0.2) is 27.7 Å². The zero-order chi connectivity index (χ0) is 21.1. The normalized spacial score (nSPS) is 10.7. The van der Waals surface area contributed by atoms with Crippen LogP contribution in [0, 0.1) is 0 Å². The van der Waals surface area contributed by atoms with Crippen molar-refractivity contribution in [3.05, 3.63) is 69.4 Å². The molecule has 0 saturated heterocycles. The second kappa shape index (κ2) is 8.52. The number of nitrogens with one attached hydrogen (secondary N) is 1. The van der Waals surface area contributed by atoms with Crippen molar-refractivity contribution in [3.8, 4) is 27.9 Å². The first-order valence-electron chi connectivity index (χ1n) is 8.75. The summed E-state index contributed by atoms with van der Waals surface area (Å²) < 4.78 is 11.7. The summed E-state index contributed by atoms with van der Waals surface area (Å²) in [5.41, 5.74) is 0.692. The Labute approximate surface area is 179 Å². The van der Waals surface area contributed by atoms with E-state index in [2.05, 4.69) is 15.5 Å². The van der Waals surface area contributed by atoms with Crippen molar-refractivity contribution in [2.45, 2.75) is 6.54 Å². The van der Waals surface area contributed by atoms with E-state index in [9.17, 15) is 9.59 Å². The number of benzene rings is 1. The Balaban J connectivity index is 1.51. The molecule has 0 radical (unpaired) electrons. The van der Waals surface area contributed by atoms with Crippen LogP contribution >= 0.6 is 22.9 Å². The van der Waals surface area contributed by atoms with Gasteiger partial charge in [0.1, 0.15) is 12.3 Å². The van der Waals surface area contributed by atoms with Crippen LogP contribution in [0.15, 0.2) is 63.4 Å². The van der Waals surface area contributed by atoms with Gasteiger partial charge in [-0.25, -0.2) is 0 Å². The second-order valence-electron chi connectivity index (χ2n) is 6.18. The van der Waals surface area contributed by atoms with Crippen molar-refractivity contribution < 1.29 is 14.1 Å². The van der Waals surface area contributed by atoms with Gasteiger partial charge in [0.2, 0.25) is 11.7 Å². The fourth-order valence-corrected chi connectivity index (χ4v) is 3.63. The minimum absolute atomic E-state index is 0.192. The third-order valence-electron chi connectivity index (χ3n) is 4.15. The maximum Gasteiger partial charge on any atom is 0.259 e. The predicted octanol–water partition coefficient (Wildman–Crippen LogP) is 3.93. The molecule has 30 heavy (non-hydrogen) atoms. The quantitative estimate of drug-likeness (QED) is 0.485. The molecular formula is C20H15ClN4O4S. The van der Waals surface area contributed by atoms with Gasteiger partial charge in [0, 0.05) is 18.0 Å². The number of ether oxygens (including phenoxy) is 1. The summed E-state index contributed by atoms with van der Waals surface area (Å²) in [6, 6.07) is 11.6. The lowest BCUT2D eigenvalue weighted by Crippen LogP contribution is -2.26. The summed E-state index contributed by atoms with van der Waals surface area (Å²) in [4.78, 5) is 29.8. The Morgan fingerprint density at radius 2 is 2.17 bits per heavy atom. The number of aromatic nitrogens is 3. The number of amides is 1. The van der Waals surface area contributed by atoms with Gasteiger partial charge < -0.3 is 19.1 Å². The van der Waals surface area contributed by atoms with Crippen LogP contribution in [0.2, 0.25) is 5.02 Å². The molecule has 0 atom stereocenters. The van der Waals surface area contributed by atoms with Gasteiger partial charge in [0.15, 0.2) is 0 Å². The van der Waals surface area contributed by atoms with Crippen LogP contribution in [0.4, 0.5) is 5.69 Å². The molecule has 4 aromatic rings. The van der Waals surface area contributed by atoms with E-state index in [1.54, 1.807) is 24.3 Å². The van der Waals surface area contributed by atoms with Crippen molar-refractivity contribution in [2.24, 2.45) is 0 Å². The lowest BCUT2D eigenvalue weighted by molar-refractivity contribution is -0.116. The molecule has 0 spiro atoms. The Bertz CT molecular complexity index is 1250. The van der Waals surface area contributed by atoms with E-state index in [1.165, 1.54) is 35.3 Å². The monoisotopic (exact) mass is 442 g/mol. The molecule has 152 valence electrons. The molecule has 0 fully saturated rings. The van der Waals surface area contributed by atoms with Gasteiger partial charge >= 0.3 is 0 Å². The third kappa shape index (κ3) is 4.27. The number of hydrogen-bond donors (Lipinski definition) is 1. The highest BCUT2D eigenvalue weighted by molar-refractivity contribution is 7.13. The summed E-state index contributed by atoms with van der Waals surface area (Å²) in [6.07, 6.45) is 1.51. The summed E-state index contributed by atoms with van der Waals surface area (Å²) >= 11 is 7.56. The van der Waals surface area contributed by atoms with Crippen molar-refractivity contribution in [3.63, 3.8) is 0 Å². The van der Waals surface area contributed by atoms with E-state index >= 15 is 0 Å². The molecule has 0 bridgehead atoms. The van der Waals surface area contributed by atoms with E-state index in [1.807, 2.05) is 17.5 Å². The molecule has 0 unspecified atom stereocenters. The first-order valence-corrected chi connectivity index (χ1v) is 10.0. The van der Waals surface area contributed by atoms with Gasteiger partial charge in [-0.1, -0.05) is 22.8 Å². The smallest absolute Gasteiger partial charge is 0.259 e. The molecule has 8 nitrogen and oxygen atoms in total. The minimum Gasteiger partial charge on any atom is -0.495 e. The van der Waals surface area contributed by atoms with Crippen molar-refractivity contribution in [1.82, 2.24) is 14.7 Å². The number of methoxy groups -OCH3 is 1. The van der Waals surface area contributed by atoms with Crippen LogP contribution in [0.3, 0.4) is 0 Å². The average Bonchev–Trinajstić information content (AvgIpc) is 3.41. The summed E-state index contributed by atoms with van der Waals surface area (Å²) in [7, 11) is 1.51. The predicted molar refractivity (Wildman–Crippen MR) is 114 cm³/mol. The third-order valence-corrected chi connectivity index (χ3v) is 5.31. The van der Waals surface area contributed by atoms with Crippen molar-refractivity contribution in [1.29, 1.82) is 0 Å². The van der Waals surface area contributed by atoms with Gasteiger partial charge in [-0.15, -0.1) is 11.3 Å². The van der Waals surface area contributed by atoms with Gasteiger partial charge in [0.05, 0.1) is 22.6 Å². The molecule has 10 heteroatoms. The molecule has 1 aromatic carbocycles. The molecule has 3 heterocycles. The summed E-state index contributed by atoms with van der Waals surface area (Å²) in [5.74, 6) is 0.835. The number of hydrogen-bond acceptors (Lipinski definition) is 7. The van der Waals surface area contributed by atoms with E-state index in [0.717, 1.165) is 4.88 Å². The molecule has 1 N–H and O–H groups in total. The van der Waals surface area contributed by atoms with Crippen LogP contribution in [0.1, 0.15) is 0 Å². The lowest BCUT2D eigenvalue weighted by atomic mass is 10.2. The molecule has 3 aromatic heterocycles. The van der Waals surface area contributed by atoms with Crippen molar-refractivity contribution >= 4 is 34.5 Å². The highest BCUT2D eigenvalue weighted by atomic mass is 35.5. The zero-order valence-electron chi connectivity index (χ0n) is 15.7. The molecular weight excluding hydrogens is 428 g/mol. The average molecular weight is 443 g/mol. The first-order chi connectivity index (χ1) is 14.5. The maximum absolute atomic E-state index is 12.4. The Morgan fingerprint density at radius 3 is 2.90 bits per heavy atom. The van der Waals surface area contributed by atoms with E-state index in [-0.39, 0.29) is 23.9 Å². The highest BCUT2D eigenvalue weighted by Gasteiger charge is 2.14. The van der Waals surface area contributed by atoms with Crippen LogP contribution in [0.25, 0.3) is 22.2 Å². The number of nitrogens with zero attached hydrogens (tertiary/aromatic N) is 3. The fraction of sp³-hybridized carbons (Fsp3) is 0.100. The zero-order valence-corrected chi connectivity index (χ0v) is 17.2. The largest absolute Gasteiger partial charge is 0.495 e. The van der Waals surface area contributed by atoms with Crippen LogP contribution < -0.4 is 15.6 Å². The number of carbonyl (C=O) groups excluding carboxylic acids is 1. The van der Waals surface area contributed by atoms with E-state index < -0.39 is 0 Å². The first kappa shape index (κ1) is 19.9. The molecule has 4 rings (SSSR count). The summed E-state index contributed by atoms with van der Waals surface area (Å²) in [5, 5.41) is 8.95. The standard InChI is InChI=1S/C20H15ClN4O4S/c1-28-15-6-5-13(9-14(15)21)22-17(26)11-25-10-12(4-7-18(25)27)20-23-19(24-29-20)16-3-2-8-30-16/h2-10H,11H2,1H3,(H,22,26). The van der Waals surface area contributed by atoms with Gasteiger partial charge in [-0.05, 0) is 35.7 Å². The Kier molecular flexibility index (Phi) is 5.64. The highest BCUT2D eigenvalue weighted by Crippen LogP contribution is 2.27. The van der Waals surface area contributed by atoms with Crippen molar-refractivity contribution in [2.75, 3.05) is 12.4 Å². The molecule has 0 aliphatic heterocycles. The lowest BCUT2D eigenvalue weighted by Gasteiger charge is -2.09. The number of anilines is 1. The van der Waals surface area contributed by atoms with Crippen LogP contribution in [-0.2, 0) is 11.3 Å². The maximum atomic E-state index is 12.4. The summed E-state index contributed by atoms with van der Waals surface area (Å²) in [6.45, 7) is -0.192. The van der Waals surface area contributed by atoms with E-state index in [4.69, 9.17) is 20.9 Å². The number of pyridine rings is 1. The topological polar surface area (TPSA) is 99.2 Å². The number of halogens is 1. The Hall–Kier alpha value is -3.43. The fourth-order valence-electron chi connectivity index (χ4n) is 2.73. The number of carbonyl (C=O) groups is 1. The SMILES string of the molecule is COc1ccc(NC(=O)Cn2cc(-c3nc(-c4cccs4)no3)ccc2=O)cc1Cl. The minimum atomic E-state index is -0.389. The van der Waals surface area contributed by atoms with Crippen LogP contribution in [0.5, 0.6) is 5.75 Å². The second-order valence-corrected chi connectivity index (χ2v) is 7.54. The van der Waals surface area contributed by atoms with Gasteiger partial charge in [-0.2, -0.15) is 4.98 Å². The molecule has 0 aliphatic rings. The Morgan fingerprint density at radius 1 is 1.30 bits per heavy atom.